The molecule has 252 valence electrons. The molecule has 0 aliphatic carbocycles. The van der Waals surface area contributed by atoms with Crippen molar-refractivity contribution in [2.24, 2.45) is 23.7 Å². The minimum Gasteiger partial charge on any atom is -0.469 e. The van der Waals surface area contributed by atoms with E-state index in [0.29, 0.717) is 19.1 Å². The third-order valence-electron chi connectivity index (χ3n) is 9.71. The van der Waals surface area contributed by atoms with Crippen LogP contribution in [0.1, 0.15) is 61.0 Å². The number of hydrogen-bond acceptors (Lipinski definition) is 7. The molecule has 1 heterocycles. The van der Waals surface area contributed by atoms with Gasteiger partial charge in [-0.25, -0.2) is 4.79 Å². The van der Waals surface area contributed by atoms with Gasteiger partial charge in [0.05, 0.1) is 20.1 Å². The predicted molar refractivity (Wildman–Crippen MR) is 186 cm³/mol. The van der Waals surface area contributed by atoms with E-state index >= 15 is 0 Å². The Hall–Kier alpha value is -1.79. The molecule has 4 atom stereocenters. The number of methoxy groups -OCH3 is 2. The highest BCUT2D eigenvalue weighted by Crippen LogP contribution is 2.39. The van der Waals surface area contributed by atoms with E-state index in [1.807, 2.05) is 19.1 Å². The molecule has 0 saturated carbocycles. The first-order chi connectivity index (χ1) is 20.1. The molecule has 2 rings (SSSR count). The summed E-state index contributed by atoms with van der Waals surface area (Å²) in [6, 6.07) is 10.5. The molecule has 1 fully saturated rings. The SMILES string of the molecule is COC(=O)/C=C/[C@@H](C)CO[Si](C)(C)C(C)(C)C.COC(=O)C1CN(Cc2ccccc2)C[C@@H]1[C@@H](C)CO[Si](C)(C)C(C)(C)C. The fraction of sp³-hybridized carbons (Fsp3) is 0.714. The van der Waals surface area contributed by atoms with Crippen molar-refractivity contribution in [3.8, 4) is 0 Å². The lowest BCUT2D eigenvalue weighted by Gasteiger charge is -2.38. The number of ether oxygens (including phenoxy) is 2. The van der Waals surface area contributed by atoms with Gasteiger partial charge in [0.1, 0.15) is 0 Å². The summed E-state index contributed by atoms with van der Waals surface area (Å²) in [7, 11) is -0.592. The van der Waals surface area contributed by atoms with E-state index in [1.54, 1.807) is 0 Å². The molecule has 1 aromatic rings. The number of rotatable bonds is 12. The molecular weight excluding hydrogens is 587 g/mol. The Labute approximate surface area is 271 Å². The molecule has 0 bridgehead atoms. The van der Waals surface area contributed by atoms with Crippen LogP contribution in [0.5, 0.6) is 0 Å². The zero-order chi connectivity index (χ0) is 33.9. The molecule has 1 aliphatic heterocycles. The van der Waals surface area contributed by atoms with Crippen molar-refractivity contribution in [1.29, 1.82) is 0 Å². The van der Waals surface area contributed by atoms with E-state index in [0.717, 1.165) is 19.6 Å². The summed E-state index contributed by atoms with van der Waals surface area (Å²) < 4.78 is 22.2. The average molecular weight is 650 g/mol. The Morgan fingerprint density at radius 2 is 1.39 bits per heavy atom. The molecular formula is C35H63NO6Si2. The molecule has 0 aromatic heterocycles. The minimum atomic E-state index is -1.78. The predicted octanol–water partition coefficient (Wildman–Crippen LogP) is 7.94. The van der Waals surface area contributed by atoms with Crippen LogP contribution in [0.2, 0.25) is 36.3 Å². The first-order valence-corrected chi connectivity index (χ1v) is 21.8. The Morgan fingerprint density at radius 3 is 1.86 bits per heavy atom. The number of carbonyl (C=O) groups excluding carboxylic acids is 2. The number of esters is 2. The van der Waals surface area contributed by atoms with E-state index in [4.69, 9.17) is 13.6 Å². The summed E-state index contributed by atoms with van der Waals surface area (Å²) in [6.07, 6.45) is 3.29. The van der Waals surface area contributed by atoms with Crippen molar-refractivity contribution in [2.75, 3.05) is 40.5 Å². The number of likely N-dealkylation sites (tertiary alicyclic amines) is 1. The number of hydrogen-bond donors (Lipinski definition) is 0. The maximum absolute atomic E-state index is 12.4. The second kappa shape index (κ2) is 17.2. The topological polar surface area (TPSA) is 74.3 Å². The van der Waals surface area contributed by atoms with Crippen LogP contribution in [0.4, 0.5) is 0 Å². The molecule has 1 saturated heterocycles. The summed E-state index contributed by atoms with van der Waals surface area (Å²) in [6.45, 7) is 30.6. The van der Waals surface area contributed by atoms with Gasteiger partial charge in [-0.05, 0) is 59.6 Å². The lowest BCUT2D eigenvalue weighted by atomic mass is 9.85. The monoisotopic (exact) mass is 649 g/mol. The lowest BCUT2D eigenvalue weighted by molar-refractivity contribution is -0.147. The molecule has 1 aliphatic rings. The Morgan fingerprint density at radius 1 is 0.864 bits per heavy atom. The summed E-state index contributed by atoms with van der Waals surface area (Å²) >= 11 is 0. The molecule has 0 radical (unpaired) electrons. The van der Waals surface area contributed by atoms with Gasteiger partial charge in [0.2, 0.25) is 0 Å². The highest BCUT2D eigenvalue weighted by Gasteiger charge is 2.43. The van der Waals surface area contributed by atoms with Gasteiger partial charge >= 0.3 is 11.9 Å². The second-order valence-electron chi connectivity index (χ2n) is 15.5. The van der Waals surface area contributed by atoms with Crippen LogP contribution in [0.25, 0.3) is 0 Å². The van der Waals surface area contributed by atoms with Crippen LogP contribution in [0, 0.1) is 23.7 Å². The molecule has 7 nitrogen and oxygen atoms in total. The van der Waals surface area contributed by atoms with Crippen LogP contribution in [0.3, 0.4) is 0 Å². The smallest absolute Gasteiger partial charge is 0.330 e. The summed E-state index contributed by atoms with van der Waals surface area (Å²) in [5, 5.41) is 0.419. The van der Waals surface area contributed by atoms with Gasteiger partial charge in [0.15, 0.2) is 16.6 Å². The Balaban J connectivity index is 0.000000493. The third kappa shape index (κ3) is 12.9. The highest BCUT2D eigenvalue weighted by molar-refractivity contribution is 6.74. The van der Waals surface area contributed by atoms with E-state index in [2.05, 4.69) is 109 Å². The summed E-state index contributed by atoms with van der Waals surface area (Å²) in [5.41, 5.74) is 1.28. The van der Waals surface area contributed by atoms with Crippen LogP contribution < -0.4 is 0 Å². The van der Waals surface area contributed by atoms with E-state index in [1.165, 1.54) is 25.9 Å². The third-order valence-corrected chi connectivity index (χ3v) is 18.7. The molecule has 1 unspecified atom stereocenters. The molecule has 0 N–H and O–H groups in total. The van der Waals surface area contributed by atoms with Crippen LogP contribution in [0.15, 0.2) is 42.5 Å². The van der Waals surface area contributed by atoms with Crippen molar-refractivity contribution in [1.82, 2.24) is 4.90 Å². The Bertz CT molecular complexity index is 1050. The zero-order valence-corrected chi connectivity index (χ0v) is 32.3. The molecule has 0 spiro atoms. The van der Waals surface area contributed by atoms with Gasteiger partial charge in [-0.1, -0.05) is 91.8 Å². The van der Waals surface area contributed by atoms with Crippen LogP contribution in [-0.4, -0.2) is 74.0 Å². The second-order valence-corrected chi connectivity index (χ2v) is 25.1. The van der Waals surface area contributed by atoms with Gasteiger partial charge in [-0.15, -0.1) is 0 Å². The lowest BCUT2D eigenvalue weighted by Crippen LogP contribution is -2.43. The van der Waals surface area contributed by atoms with Gasteiger partial charge in [0, 0.05) is 38.9 Å². The minimum absolute atomic E-state index is 0.0725. The standard InChI is InChI=1S/C22H37NO3Si.C13H26O3Si/c1-17(16-26-27(6,7)22(2,3)4)19-14-23(15-20(19)21(24)25-5)13-18-11-9-8-10-12-18;1-11(8-9-12(14)15-5)10-16-17(6,7)13(2,3)4/h8-12,17,19-20H,13-16H2,1-7H3;8-9,11H,10H2,1-7H3/b;9-8+/t17-,19+,20?;11-/m01/s1. The van der Waals surface area contributed by atoms with Crippen molar-refractivity contribution >= 4 is 28.6 Å². The molecule has 0 amide bonds. The fourth-order valence-corrected chi connectivity index (χ4v) is 6.69. The van der Waals surface area contributed by atoms with Crippen molar-refractivity contribution in [3.05, 3.63) is 48.0 Å². The number of carbonyl (C=O) groups is 2. The Kier molecular flexibility index (Phi) is 15.7. The van der Waals surface area contributed by atoms with E-state index in [-0.39, 0.29) is 39.8 Å². The largest absolute Gasteiger partial charge is 0.469 e. The van der Waals surface area contributed by atoms with Crippen molar-refractivity contribution in [3.63, 3.8) is 0 Å². The molecule has 1 aromatic carbocycles. The summed E-state index contributed by atoms with van der Waals surface area (Å²) in [4.78, 5) is 25.7. The zero-order valence-electron chi connectivity index (χ0n) is 30.3. The van der Waals surface area contributed by atoms with E-state index in [9.17, 15) is 9.59 Å². The van der Waals surface area contributed by atoms with Crippen molar-refractivity contribution < 1.29 is 27.9 Å². The molecule has 44 heavy (non-hydrogen) atoms. The van der Waals surface area contributed by atoms with Gasteiger partial charge in [-0.3, -0.25) is 9.69 Å². The first kappa shape index (κ1) is 40.2. The number of benzene rings is 1. The van der Waals surface area contributed by atoms with Crippen LogP contribution in [-0.2, 0) is 34.5 Å². The maximum atomic E-state index is 12.4. The molecule has 9 heteroatoms. The maximum Gasteiger partial charge on any atom is 0.330 e. The van der Waals surface area contributed by atoms with E-state index < -0.39 is 16.6 Å². The van der Waals surface area contributed by atoms with Gasteiger partial charge < -0.3 is 18.3 Å². The quantitative estimate of drug-likeness (QED) is 0.129. The van der Waals surface area contributed by atoms with Gasteiger partial charge in [-0.2, -0.15) is 0 Å². The highest BCUT2D eigenvalue weighted by atomic mass is 28.4. The number of nitrogens with zero attached hydrogens (tertiary/aromatic N) is 1. The van der Waals surface area contributed by atoms with Gasteiger partial charge in [0.25, 0.3) is 0 Å². The fourth-order valence-electron chi connectivity index (χ4n) is 4.46. The van der Waals surface area contributed by atoms with Crippen molar-refractivity contribution in [2.45, 2.75) is 98.2 Å². The average Bonchev–Trinajstić information content (AvgIpc) is 3.36. The summed E-state index contributed by atoms with van der Waals surface area (Å²) in [5.74, 6) is 0.341. The normalized spacial score (nSPS) is 19.7. The first-order valence-electron chi connectivity index (χ1n) is 16.0. The van der Waals surface area contributed by atoms with Crippen LogP contribution >= 0.6 is 0 Å².